The van der Waals surface area contributed by atoms with E-state index >= 15 is 0 Å². The maximum Gasteiger partial charge on any atom is 0.130 e. The lowest BCUT2D eigenvalue weighted by Crippen LogP contribution is -2.15. The normalized spacial score (nSPS) is 11.3. The topological polar surface area (TPSA) is 59.1 Å². The molecule has 0 spiro atoms. The number of ether oxygens (including phenoxy) is 1. The molecule has 0 amide bonds. The van der Waals surface area contributed by atoms with Crippen LogP contribution in [0.4, 0.5) is 0 Å². The van der Waals surface area contributed by atoms with Gasteiger partial charge in [0.1, 0.15) is 11.6 Å². The van der Waals surface area contributed by atoms with Crippen molar-refractivity contribution in [3.8, 4) is 5.75 Å². The van der Waals surface area contributed by atoms with Gasteiger partial charge in [-0.05, 0) is 30.9 Å². The van der Waals surface area contributed by atoms with Crippen LogP contribution in [0.2, 0.25) is 0 Å². The molecule has 0 aromatic heterocycles. The molecular weight excluding hydrogens is 212 g/mol. The lowest BCUT2D eigenvalue weighted by Gasteiger charge is -2.19. The van der Waals surface area contributed by atoms with Gasteiger partial charge < -0.3 is 10.5 Å². The van der Waals surface area contributed by atoms with Crippen molar-refractivity contribution >= 4 is 5.84 Å². The fraction of sp³-hybridized carbons (Fsp3) is 0.500. The van der Waals surface area contributed by atoms with Crippen LogP contribution in [0.25, 0.3) is 0 Å². The third-order valence-corrected chi connectivity index (χ3v) is 2.53. The minimum Gasteiger partial charge on any atom is -0.493 e. The third kappa shape index (κ3) is 4.47. The molecule has 0 radical (unpaired) electrons. The highest BCUT2D eigenvalue weighted by molar-refractivity contribution is 5.97. The van der Waals surface area contributed by atoms with E-state index in [2.05, 4.69) is 20.8 Å². The summed E-state index contributed by atoms with van der Waals surface area (Å²) in [6, 6.07) is 5.74. The molecule has 1 rings (SSSR count). The fourth-order valence-electron chi connectivity index (χ4n) is 1.45. The minimum absolute atomic E-state index is 0.0551. The molecule has 94 valence electrons. The largest absolute Gasteiger partial charge is 0.493 e. The van der Waals surface area contributed by atoms with Crippen LogP contribution in [0.5, 0.6) is 5.75 Å². The number of hydrogen-bond acceptors (Lipinski definition) is 2. The Morgan fingerprint density at radius 2 is 2.00 bits per heavy atom. The van der Waals surface area contributed by atoms with Gasteiger partial charge in [-0.1, -0.05) is 32.4 Å². The summed E-state index contributed by atoms with van der Waals surface area (Å²) >= 11 is 0. The average Bonchev–Trinajstić information content (AvgIpc) is 2.18. The van der Waals surface area contributed by atoms with E-state index in [9.17, 15) is 0 Å². The number of amidine groups is 1. The molecule has 17 heavy (non-hydrogen) atoms. The zero-order valence-corrected chi connectivity index (χ0v) is 11.1. The summed E-state index contributed by atoms with van der Waals surface area (Å²) in [5.41, 5.74) is 7.56. The van der Waals surface area contributed by atoms with Crippen LogP contribution >= 0.6 is 0 Å². The van der Waals surface area contributed by atoms with Crippen molar-refractivity contribution in [2.45, 2.75) is 34.1 Å². The molecule has 0 aliphatic carbocycles. The molecule has 0 bridgehead atoms. The molecule has 0 saturated heterocycles. The first kappa shape index (κ1) is 13.6. The van der Waals surface area contributed by atoms with Crippen LogP contribution < -0.4 is 10.5 Å². The van der Waals surface area contributed by atoms with Gasteiger partial charge in [0.2, 0.25) is 0 Å². The van der Waals surface area contributed by atoms with E-state index < -0.39 is 0 Å². The Kier molecular flexibility index (Phi) is 4.16. The lowest BCUT2D eigenvalue weighted by atomic mass is 9.93. The first-order valence-corrected chi connectivity index (χ1v) is 5.87. The monoisotopic (exact) mass is 234 g/mol. The quantitative estimate of drug-likeness (QED) is 0.621. The maximum absolute atomic E-state index is 7.53. The van der Waals surface area contributed by atoms with Gasteiger partial charge >= 0.3 is 0 Å². The molecular formula is C14H22N2O. The Bertz CT molecular complexity index is 405. The van der Waals surface area contributed by atoms with E-state index in [1.54, 1.807) is 0 Å². The zero-order valence-electron chi connectivity index (χ0n) is 11.1. The van der Waals surface area contributed by atoms with E-state index in [1.807, 2.05) is 25.1 Å². The van der Waals surface area contributed by atoms with E-state index in [4.69, 9.17) is 15.9 Å². The number of nitrogens with two attached hydrogens (primary N) is 1. The number of benzene rings is 1. The van der Waals surface area contributed by atoms with Crippen molar-refractivity contribution in [2.24, 2.45) is 11.1 Å². The highest BCUT2D eigenvalue weighted by Crippen LogP contribution is 2.22. The Balaban J connectivity index is 2.74. The Morgan fingerprint density at radius 1 is 1.35 bits per heavy atom. The first-order chi connectivity index (χ1) is 7.79. The van der Waals surface area contributed by atoms with Gasteiger partial charge in [-0.25, -0.2) is 0 Å². The second-order valence-corrected chi connectivity index (χ2v) is 5.57. The highest BCUT2D eigenvalue weighted by atomic mass is 16.5. The SMILES string of the molecule is Cc1ccc(OCCC(C)(C)C)c(C(=N)N)c1. The Hall–Kier alpha value is -1.51. The molecule has 3 N–H and O–H groups in total. The summed E-state index contributed by atoms with van der Waals surface area (Å²) < 4.78 is 5.71. The summed E-state index contributed by atoms with van der Waals surface area (Å²) in [5, 5.41) is 7.53. The van der Waals surface area contributed by atoms with Gasteiger partial charge in [0.25, 0.3) is 0 Å². The van der Waals surface area contributed by atoms with Crippen LogP contribution in [-0.2, 0) is 0 Å². The average molecular weight is 234 g/mol. The van der Waals surface area contributed by atoms with Crippen molar-refractivity contribution in [1.29, 1.82) is 5.41 Å². The van der Waals surface area contributed by atoms with Gasteiger partial charge in [-0.2, -0.15) is 0 Å². The smallest absolute Gasteiger partial charge is 0.130 e. The summed E-state index contributed by atoms with van der Waals surface area (Å²) in [4.78, 5) is 0. The van der Waals surface area contributed by atoms with Gasteiger partial charge in [0, 0.05) is 0 Å². The molecule has 0 fully saturated rings. The van der Waals surface area contributed by atoms with Gasteiger partial charge in [-0.15, -0.1) is 0 Å². The highest BCUT2D eigenvalue weighted by Gasteiger charge is 2.12. The van der Waals surface area contributed by atoms with Crippen molar-refractivity contribution in [1.82, 2.24) is 0 Å². The Morgan fingerprint density at radius 3 is 2.53 bits per heavy atom. The molecule has 0 aliphatic rings. The standard InChI is InChI=1S/C14H22N2O/c1-10-5-6-12(11(9-10)13(15)16)17-8-7-14(2,3)4/h5-6,9H,7-8H2,1-4H3,(H3,15,16). The molecule has 0 unspecified atom stereocenters. The van der Waals surface area contributed by atoms with Gasteiger partial charge in [-0.3, -0.25) is 5.41 Å². The van der Waals surface area contributed by atoms with E-state index in [-0.39, 0.29) is 11.3 Å². The number of hydrogen-bond donors (Lipinski definition) is 2. The third-order valence-electron chi connectivity index (χ3n) is 2.53. The van der Waals surface area contributed by atoms with Crippen LogP contribution in [-0.4, -0.2) is 12.4 Å². The van der Waals surface area contributed by atoms with Crippen molar-refractivity contribution in [3.63, 3.8) is 0 Å². The summed E-state index contributed by atoms with van der Waals surface area (Å²) in [5.74, 6) is 0.756. The summed E-state index contributed by atoms with van der Waals surface area (Å²) in [6.07, 6.45) is 0.970. The number of aryl methyl sites for hydroxylation is 1. The van der Waals surface area contributed by atoms with Crippen molar-refractivity contribution < 1.29 is 4.74 Å². The Labute approximate surface area is 103 Å². The maximum atomic E-state index is 7.53. The number of nitrogens with one attached hydrogen (secondary N) is 1. The van der Waals surface area contributed by atoms with Crippen LogP contribution in [0.1, 0.15) is 38.3 Å². The van der Waals surface area contributed by atoms with Crippen LogP contribution in [0.15, 0.2) is 18.2 Å². The van der Waals surface area contributed by atoms with Gasteiger partial charge in [0.05, 0.1) is 12.2 Å². The van der Waals surface area contributed by atoms with Crippen LogP contribution in [0, 0.1) is 17.7 Å². The lowest BCUT2D eigenvalue weighted by molar-refractivity contribution is 0.242. The van der Waals surface area contributed by atoms with E-state index in [1.165, 1.54) is 0 Å². The molecule has 0 saturated carbocycles. The molecule has 0 atom stereocenters. The number of nitrogen functional groups attached to an aromatic ring is 1. The second-order valence-electron chi connectivity index (χ2n) is 5.57. The van der Waals surface area contributed by atoms with Crippen molar-refractivity contribution in [2.75, 3.05) is 6.61 Å². The van der Waals surface area contributed by atoms with E-state index in [0.717, 1.165) is 12.0 Å². The predicted molar refractivity (Wildman–Crippen MR) is 71.8 cm³/mol. The second kappa shape index (κ2) is 5.21. The molecule has 0 heterocycles. The fourth-order valence-corrected chi connectivity index (χ4v) is 1.45. The molecule has 3 heteroatoms. The van der Waals surface area contributed by atoms with E-state index in [0.29, 0.717) is 17.9 Å². The predicted octanol–water partition coefficient (Wildman–Crippen LogP) is 3.09. The summed E-state index contributed by atoms with van der Waals surface area (Å²) in [7, 11) is 0. The number of rotatable bonds is 4. The molecule has 1 aromatic rings. The van der Waals surface area contributed by atoms with Crippen molar-refractivity contribution in [3.05, 3.63) is 29.3 Å². The summed E-state index contributed by atoms with van der Waals surface area (Å²) in [6.45, 7) is 9.16. The van der Waals surface area contributed by atoms with Crippen LogP contribution in [0.3, 0.4) is 0 Å². The minimum atomic E-state index is 0.0551. The molecule has 1 aromatic carbocycles. The zero-order chi connectivity index (χ0) is 13.1. The first-order valence-electron chi connectivity index (χ1n) is 5.87. The molecule has 0 aliphatic heterocycles. The molecule has 3 nitrogen and oxygen atoms in total. The van der Waals surface area contributed by atoms with Gasteiger partial charge in [0.15, 0.2) is 0 Å².